The van der Waals surface area contributed by atoms with Crippen molar-refractivity contribution in [1.29, 1.82) is 0 Å². The first kappa shape index (κ1) is 18.8. The number of halogens is 2. The van der Waals surface area contributed by atoms with E-state index in [1.807, 2.05) is 11.0 Å². The molecule has 25 heavy (non-hydrogen) atoms. The molecule has 2 aliphatic rings. The zero-order valence-electron chi connectivity index (χ0n) is 15.1. The summed E-state index contributed by atoms with van der Waals surface area (Å²) >= 11 is 12.5. The van der Waals surface area contributed by atoms with Crippen LogP contribution in [0.3, 0.4) is 0 Å². The standard InChI is InChI=1S/C19H26Cl2N2O2/c1-13(2)23-9-5-7-19(18(23)24)6-4-8-22(19)12-14-10-15(20)11-16(21)17(14)25-3/h10-11,13H,4-9,12H2,1-3H3. The topological polar surface area (TPSA) is 32.8 Å². The maximum Gasteiger partial charge on any atom is 0.243 e. The summed E-state index contributed by atoms with van der Waals surface area (Å²) in [6.45, 7) is 6.58. The van der Waals surface area contributed by atoms with Crippen molar-refractivity contribution in [3.05, 3.63) is 27.7 Å². The van der Waals surface area contributed by atoms with E-state index in [4.69, 9.17) is 27.9 Å². The smallest absolute Gasteiger partial charge is 0.243 e. The quantitative estimate of drug-likeness (QED) is 0.772. The lowest BCUT2D eigenvalue weighted by Gasteiger charge is -2.46. The molecule has 0 N–H and O–H groups in total. The van der Waals surface area contributed by atoms with Gasteiger partial charge >= 0.3 is 0 Å². The van der Waals surface area contributed by atoms with Crippen LogP contribution >= 0.6 is 23.2 Å². The summed E-state index contributed by atoms with van der Waals surface area (Å²) in [5, 5.41) is 1.10. The van der Waals surface area contributed by atoms with Gasteiger partial charge in [-0.1, -0.05) is 23.2 Å². The van der Waals surface area contributed by atoms with Crippen LogP contribution < -0.4 is 4.74 Å². The molecular weight excluding hydrogens is 359 g/mol. The normalized spacial score (nSPS) is 24.6. The third-order valence-electron chi connectivity index (χ3n) is 5.55. The fourth-order valence-corrected chi connectivity index (χ4v) is 4.98. The van der Waals surface area contributed by atoms with E-state index in [0.29, 0.717) is 22.3 Å². The Morgan fingerprint density at radius 3 is 2.52 bits per heavy atom. The van der Waals surface area contributed by atoms with Gasteiger partial charge in [0.1, 0.15) is 11.3 Å². The number of hydrogen-bond donors (Lipinski definition) is 0. The molecule has 1 spiro atoms. The summed E-state index contributed by atoms with van der Waals surface area (Å²) in [6, 6.07) is 3.82. The molecule has 2 heterocycles. The summed E-state index contributed by atoms with van der Waals surface area (Å²) in [7, 11) is 1.62. The lowest BCUT2D eigenvalue weighted by Crippen LogP contribution is -2.61. The Bertz CT molecular complexity index is 665. The van der Waals surface area contributed by atoms with Crippen LogP contribution in [0.2, 0.25) is 10.0 Å². The Morgan fingerprint density at radius 1 is 1.20 bits per heavy atom. The minimum atomic E-state index is -0.387. The van der Waals surface area contributed by atoms with Crippen molar-refractivity contribution < 1.29 is 9.53 Å². The number of carbonyl (C=O) groups is 1. The number of ether oxygens (including phenoxy) is 1. The minimum absolute atomic E-state index is 0.238. The third-order valence-corrected chi connectivity index (χ3v) is 6.04. The highest BCUT2D eigenvalue weighted by molar-refractivity contribution is 6.35. The lowest BCUT2D eigenvalue weighted by molar-refractivity contribution is -0.149. The first-order valence-corrected chi connectivity index (χ1v) is 9.72. The van der Waals surface area contributed by atoms with E-state index in [0.717, 1.165) is 44.3 Å². The molecule has 1 atom stereocenters. The van der Waals surface area contributed by atoms with Crippen molar-refractivity contribution in [1.82, 2.24) is 9.80 Å². The number of piperidine rings is 1. The van der Waals surface area contributed by atoms with Crippen molar-refractivity contribution >= 4 is 29.1 Å². The Hall–Kier alpha value is -0.970. The molecule has 0 bridgehead atoms. The van der Waals surface area contributed by atoms with Gasteiger partial charge < -0.3 is 9.64 Å². The molecule has 1 unspecified atom stereocenters. The zero-order valence-corrected chi connectivity index (χ0v) is 16.7. The van der Waals surface area contributed by atoms with Crippen molar-refractivity contribution in [3.63, 3.8) is 0 Å². The summed E-state index contributed by atoms with van der Waals surface area (Å²) in [5.41, 5.74) is 0.554. The number of nitrogens with zero attached hydrogens (tertiary/aromatic N) is 2. The average molecular weight is 385 g/mol. The highest BCUT2D eigenvalue weighted by Gasteiger charge is 2.51. The van der Waals surface area contributed by atoms with E-state index in [2.05, 4.69) is 18.7 Å². The largest absolute Gasteiger partial charge is 0.495 e. The minimum Gasteiger partial charge on any atom is -0.495 e. The molecule has 3 rings (SSSR count). The van der Waals surface area contributed by atoms with Crippen molar-refractivity contribution in [2.75, 3.05) is 20.2 Å². The summed E-state index contributed by atoms with van der Waals surface area (Å²) < 4.78 is 5.49. The third kappa shape index (κ3) is 3.36. The SMILES string of the molecule is COc1c(Cl)cc(Cl)cc1CN1CCCC12CCCN(C(C)C)C2=O. The van der Waals surface area contributed by atoms with Gasteiger partial charge in [-0.3, -0.25) is 9.69 Å². The number of hydrogen-bond acceptors (Lipinski definition) is 3. The number of carbonyl (C=O) groups excluding carboxylic acids is 1. The van der Waals surface area contributed by atoms with Crippen LogP contribution in [-0.4, -0.2) is 47.5 Å². The predicted octanol–water partition coefficient (Wildman–Crippen LogP) is 4.37. The lowest BCUT2D eigenvalue weighted by atomic mass is 9.84. The van der Waals surface area contributed by atoms with E-state index >= 15 is 0 Å². The van der Waals surface area contributed by atoms with E-state index in [1.165, 1.54) is 0 Å². The van der Waals surface area contributed by atoms with Crippen LogP contribution in [0.5, 0.6) is 5.75 Å². The van der Waals surface area contributed by atoms with Crippen LogP contribution in [0, 0.1) is 0 Å². The molecule has 0 aliphatic carbocycles. The molecular formula is C19H26Cl2N2O2. The fraction of sp³-hybridized carbons (Fsp3) is 0.632. The average Bonchev–Trinajstić information content (AvgIpc) is 2.93. The van der Waals surface area contributed by atoms with Gasteiger partial charge in [-0.15, -0.1) is 0 Å². The molecule has 138 valence electrons. The van der Waals surface area contributed by atoms with Crippen LogP contribution in [0.15, 0.2) is 12.1 Å². The molecule has 1 aromatic rings. The maximum absolute atomic E-state index is 13.3. The number of likely N-dealkylation sites (tertiary alicyclic amines) is 2. The summed E-state index contributed by atoms with van der Waals surface area (Å²) in [4.78, 5) is 17.6. The summed E-state index contributed by atoms with van der Waals surface area (Å²) in [5.74, 6) is 0.926. The van der Waals surface area contributed by atoms with E-state index in [-0.39, 0.29) is 17.5 Å². The van der Waals surface area contributed by atoms with Gasteiger partial charge in [-0.05, 0) is 58.2 Å². The molecule has 2 saturated heterocycles. The van der Waals surface area contributed by atoms with Gasteiger partial charge in [0.25, 0.3) is 0 Å². The number of rotatable bonds is 4. The van der Waals surface area contributed by atoms with E-state index in [1.54, 1.807) is 13.2 Å². The van der Waals surface area contributed by atoms with Crippen molar-refractivity contribution in [3.8, 4) is 5.75 Å². The van der Waals surface area contributed by atoms with Crippen LogP contribution in [0.4, 0.5) is 0 Å². The monoisotopic (exact) mass is 384 g/mol. The maximum atomic E-state index is 13.3. The van der Waals surface area contributed by atoms with E-state index < -0.39 is 0 Å². The Kier molecular flexibility index (Phi) is 5.52. The molecule has 2 fully saturated rings. The van der Waals surface area contributed by atoms with Crippen LogP contribution in [-0.2, 0) is 11.3 Å². The number of benzene rings is 1. The highest BCUT2D eigenvalue weighted by Crippen LogP contribution is 2.41. The Morgan fingerprint density at radius 2 is 1.88 bits per heavy atom. The Labute approximate surface area is 160 Å². The van der Waals surface area contributed by atoms with Gasteiger partial charge in [0.2, 0.25) is 5.91 Å². The first-order valence-electron chi connectivity index (χ1n) is 8.97. The van der Waals surface area contributed by atoms with Gasteiger partial charge in [0, 0.05) is 29.7 Å². The van der Waals surface area contributed by atoms with Gasteiger partial charge in [-0.25, -0.2) is 0 Å². The fourth-order valence-electron chi connectivity index (χ4n) is 4.37. The van der Waals surface area contributed by atoms with Gasteiger partial charge in [0.05, 0.1) is 12.1 Å². The van der Waals surface area contributed by atoms with Crippen LogP contribution in [0.25, 0.3) is 0 Å². The van der Waals surface area contributed by atoms with Crippen molar-refractivity contribution in [2.24, 2.45) is 0 Å². The molecule has 0 radical (unpaired) electrons. The molecule has 4 nitrogen and oxygen atoms in total. The van der Waals surface area contributed by atoms with E-state index in [9.17, 15) is 4.79 Å². The second-order valence-electron chi connectivity index (χ2n) is 7.33. The Balaban J connectivity index is 1.91. The first-order chi connectivity index (χ1) is 11.9. The molecule has 6 heteroatoms. The highest BCUT2D eigenvalue weighted by atomic mass is 35.5. The van der Waals surface area contributed by atoms with Crippen LogP contribution in [0.1, 0.15) is 45.1 Å². The second-order valence-corrected chi connectivity index (χ2v) is 8.18. The molecule has 1 amide bonds. The van der Waals surface area contributed by atoms with Gasteiger partial charge in [0.15, 0.2) is 0 Å². The zero-order chi connectivity index (χ0) is 18.2. The molecule has 0 aromatic heterocycles. The molecule has 1 aromatic carbocycles. The molecule has 0 saturated carbocycles. The van der Waals surface area contributed by atoms with Crippen molar-refractivity contribution in [2.45, 2.75) is 57.7 Å². The predicted molar refractivity (Wildman–Crippen MR) is 101 cm³/mol. The number of methoxy groups -OCH3 is 1. The molecule has 2 aliphatic heterocycles. The summed E-state index contributed by atoms with van der Waals surface area (Å²) in [6.07, 6.45) is 3.93. The van der Waals surface area contributed by atoms with Gasteiger partial charge in [-0.2, -0.15) is 0 Å². The number of amides is 1. The second kappa shape index (κ2) is 7.34.